The molecule has 29 heavy (non-hydrogen) atoms. The summed E-state index contributed by atoms with van der Waals surface area (Å²) in [7, 11) is 0. The van der Waals surface area contributed by atoms with Crippen LogP contribution < -0.4 is 0 Å². The summed E-state index contributed by atoms with van der Waals surface area (Å²) >= 11 is 1.20. The number of aryl methyl sites for hydroxylation is 4. The maximum atomic E-state index is 4.48. The van der Waals surface area contributed by atoms with E-state index in [1.165, 1.54) is 34.0 Å². The van der Waals surface area contributed by atoms with Gasteiger partial charge in [-0.25, -0.2) is 0 Å². The van der Waals surface area contributed by atoms with Gasteiger partial charge in [-0.2, -0.15) is 8.75 Å². The minimum absolute atomic E-state index is 0.820. The molecule has 0 N–H and O–H groups in total. The lowest BCUT2D eigenvalue weighted by molar-refractivity contribution is 1.37. The van der Waals surface area contributed by atoms with Crippen LogP contribution in [-0.4, -0.2) is 8.75 Å². The fraction of sp³-hybridized carbons (Fsp3) is 0.154. The highest BCUT2D eigenvalue weighted by Gasteiger charge is 2.08. The van der Waals surface area contributed by atoms with Crippen LogP contribution in [0.3, 0.4) is 0 Å². The Balaban J connectivity index is 1.74. The van der Waals surface area contributed by atoms with E-state index in [-0.39, 0.29) is 0 Å². The van der Waals surface area contributed by atoms with Crippen molar-refractivity contribution in [1.29, 1.82) is 0 Å². The summed E-state index contributed by atoms with van der Waals surface area (Å²) < 4.78 is 8.96. The lowest BCUT2D eigenvalue weighted by Gasteiger charge is -2.00. The first-order valence-electron chi connectivity index (χ1n) is 9.45. The van der Waals surface area contributed by atoms with E-state index in [0.29, 0.717) is 0 Å². The van der Waals surface area contributed by atoms with Gasteiger partial charge in [-0.3, -0.25) is 0 Å². The van der Waals surface area contributed by atoms with Crippen molar-refractivity contribution in [2.75, 3.05) is 0 Å². The average molecular weight is 393 g/mol. The van der Waals surface area contributed by atoms with Crippen LogP contribution in [-0.2, 0) is 0 Å². The number of benzene rings is 3. The van der Waals surface area contributed by atoms with Crippen molar-refractivity contribution < 1.29 is 0 Å². The van der Waals surface area contributed by atoms with E-state index < -0.39 is 0 Å². The molecule has 0 atom stereocenters. The second kappa shape index (κ2) is 7.92. The number of fused-ring (bicyclic) bond motifs is 1. The van der Waals surface area contributed by atoms with Crippen molar-refractivity contribution in [2.24, 2.45) is 0 Å². The SMILES string of the molecule is Cc1ccc(C)c(C#Cc2ccc(C#Cc3cc(C)ccc3C)c3nsnc23)c1. The monoisotopic (exact) mass is 392 g/mol. The van der Waals surface area contributed by atoms with Gasteiger partial charge in [-0.05, 0) is 74.2 Å². The summed E-state index contributed by atoms with van der Waals surface area (Å²) in [5.41, 5.74) is 10.2. The molecule has 2 nitrogen and oxygen atoms in total. The smallest absolute Gasteiger partial charge is 0.121 e. The number of nitrogens with zero attached hydrogens (tertiary/aromatic N) is 2. The van der Waals surface area contributed by atoms with Crippen molar-refractivity contribution in [3.05, 3.63) is 93.0 Å². The van der Waals surface area contributed by atoms with Gasteiger partial charge in [-0.1, -0.05) is 47.9 Å². The van der Waals surface area contributed by atoms with Crippen molar-refractivity contribution in [3.8, 4) is 23.7 Å². The summed E-state index contributed by atoms with van der Waals surface area (Å²) in [6.45, 7) is 8.32. The molecule has 4 rings (SSSR count). The maximum absolute atomic E-state index is 4.48. The topological polar surface area (TPSA) is 25.8 Å². The molecule has 140 valence electrons. The Morgan fingerprint density at radius 3 is 1.41 bits per heavy atom. The highest BCUT2D eigenvalue weighted by atomic mass is 32.1. The third-order valence-electron chi connectivity index (χ3n) is 4.87. The first-order chi connectivity index (χ1) is 14.0. The molecule has 0 aliphatic rings. The van der Waals surface area contributed by atoms with Gasteiger partial charge >= 0.3 is 0 Å². The highest BCUT2D eigenvalue weighted by molar-refractivity contribution is 7.00. The van der Waals surface area contributed by atoms with Crippen LogP contribution >= 0.6 is 11.7 Å². The van der Waals surface area contributed by atoms with Crippen LogP contribution in [0.4, 0.5) is 0 Å². The van der Waals surface area contributed by atoms with Gasteiger partial charge in [0.25, 0.3) is 0 Å². The molecule has 0 aliphatic carbocycles. The standard InChI is InChI=1S/C26H20N2S/c1-17-5-7-19(3)23(15-17)13-11-21-9-10-22(26-25(21)27-29-28-26)12-14-24-16-18(2)6-8-20(24)4/h5-10,15-16H,1-4H3. The largest absolute Gasteiger partial charge is 0.172 e. The van der Waals surface area contributed by atoms with Gasteiger partial charge in [-0.15, -0.1) is 0 Å². The van der Waals surface area contributed by atoms with Gasteiger partial charge in [0, 0.05) is 11.1 Å². The molecule has 1 aromatic heterocycles. The third kappa shape index (κ3) is 4.06. The average Bonchev–Trinajstić information content (AvgIpc) is 3.20. The Morgan fingerprint density at radius 2 is 0.966 bits per heavy atom. The fourth-order valence-corrected chi connectivity index (χ4v) is 3.65. The van der Waals surface area contributed by atoms with Crippen LogP contribution in [0.1, 0.15) is 44.5 Å². The molecule has 1 heterocycles. The van der Waals surface area contributed by atoms with Crippen molar-refractivity contribution in [2.45, 2.75) is 27.7 Å². The predicted octanol–water partition coefficient (Wildman–Crippen LogP) is 5.72. The van der Waals surface area contributed by atoms with E-state index in [1.54, 1.807) is 0 Å². The van der Waals surface area contributed by atoms with Crippen molar-refractivity contribution >= 4 is 22.8 Å². The Bertz CT molecular complexity index is 1250. The zero-order chi connectivity index (χ0) is 20.4. The maximum Gasteiger partial charge on any atom is 0.121 e. The first-order valence-corrected chi connectivity index (χ1v) is 10.2. The number of hydrogen-bond donors (Lipinski definition) is 0. The van der Waals surface area contributed by atoms with E-state index in [0.717, 1.165) is 33.3 Å². The molecule has 3 aromatic carbocycles. The minimum Gasteiger partial charge on any atom is -0.172 e. The molecule has 0 spiro atoms. The zero-order valence-corrected chi connectivity index (χ0v) is 17.7. The van der Waals surface area contributed by atoms with E-state index >= 15 is 0 Å². The van der Waals surface area contributed by atoms with E-state index in [4.69, 9.17) is 0 Å². The lowest BCUT2D eigenvalue weighted by Crippen LogP contribution is -1.87. The molecule has 0 fully saturated rings. The molecule has 0 amide bonds. The fourth-order valence-electron chi connectivity index (χ4n) is 3.08. The van der Waals surface area contributed by atoms with Crippen LogP contribution in [0.25, 0.3) is 11.0 Å². The van der Waals surface area contributed by atoms with Gasteiger partial charge in [0.1, 0.15) is 11.0 Å². The van der Waals surface area contributed by atoms with Crippen LogP contribution in [0.2, 0.25) is 0 Å². The van der Waals surface area contributed by atoms with E-state index in [1.807, 2.05) is 12.1 Å². The molecular formula is C26H20N2S. The normalized spacial score (nSPS) is 10.2. The summed E-state index contributed by atoms with van der Waals surface area (Å²) in [5.74, 6) is 13.2. The van der Waals surface area contributed by atoms with Crippen LogP contribution in [0, 0.1) is 51.4 Å². The van der Waals surface area contributed by atoms with Crippen molar-refractivity contribution in [1.82, 2.24) is 8.75 Å². The molecule has 4 aromatic rings. The molecule has 0 bridgehead atoms. The Morgan fingerprint density at radius 1 is 0.552 bits per heavy atom. The van der Waals surface area contributed by atoms with Crippen molar-refractivity contribution in [3.63, 3.8) is 0 Å². The molecule has 3 heteroatoms. The predicted molar refractivity (Wildman–Crippen MR) is 121 cm³/mol. The molecule has 0 saturated heterocycles. The molecule has 0 radical (unpaired) electrons. The number of hydrogen-bond acceptors (Lipinski definition) is 3. The third-order valence-corrected chi connectivity index (χ3v) is 5.39. The van der Waals surface area contributed by atoms with Gasteiger partial charge in [0.2, 0.25) is 0 Å². The summed E-state index contributed by atoms with van der Waals surface area (Å²) in [6.07, 6.45) is 0. The molecule has 0 saturated carbocycles. The Hall–Kier alpha value is -3.40. The first kappa shape index (κ1) is 18.9. The van der Waals surface area contributed by atoms with Gasteiger partial charge < -0.3 is 0 Å². The quantitative estimate of drug-likeness (QED) is 0.357. The van der Waals surface area contributed by atoms with E-state index in [9.17, 15) is 0 Å². The van der Waals surface area contributed by atoms with Crippen LogP contribution in [0.5, 0.6) is 0 Å². The summed E-state index contributed by atoms with van der Waals surface area (Å²) in [4.78, 5) is 0. The van der Waals surface area contributed by atoms with Gasteiger partial charge in [0.15, 0.2) is 0 Å². The molecular weight excluding hydrogens is 372 g/mol. The molecule has 0 unspecified atom stereocenters. The van der Waals surface area contributed by atoms with Crippen LogP contribution in [0.15, 0.2) is 48.5 Å². The second-order valence-electron chi connectivity index (χ2n) is 7.26. The summed E-state index contributed by atoms with van der Waals surface area (Å²) in [5, 5.41) is 0. The van der Waals surface area contributed by atoms with E-state index in [2.05, 4.69) is 96.5 Å². The number of aromatic nitrogens is 2. The minimum atomic E-state index is 0.820. The Labute approximate surface area is 176 Å². The lowest BCUT2D eigenvalue weighted by atomic mass is 10.0. The Kier molecular flexibility index (Phi) is 5.17. The second-order valence-corrected chi connectivity index (χ2v) is 7.79. The zero-order valence-electron chi connectivity index (χ0n) is 16.9. The summed E-state index contributed by atoms with van der Waals surface area (Å²) in [6, 6.07) is 16.6. The van der Waals surface area contributed by atoms with Gasteiger partial charge in [0.05, 0.1) is 22.9 Å². The number of rotatable bonds is 0. The molecule has 0 aliphatic heterocycles. The highest BCUT2D eigenvalue weighted by Crippen LogP contribution is 2.21.